The smallest absolute Gasteiger partial charge is 0.0185 e. The van der Waals surface area contributed by atoms with Crippen molar-refractivity contribution in [3.05, 3.63) is 53.6 Å². The minimum Gasteiger partial charge on any atom is -0.0836 e. The Morgan fingerprint density at radius 3 is 2.47 bits per heavy atom. The van der Waals surface area contributed by atoms with E-state index in [0.717, 1.165) is 0 Å². The summed E-state index contributed by atoms with van der Waals surface area (Å²) in [5, 5.41) is 0. The molecule has 0 bridgehead atoms. The van der Waals surface area contributed by atoms with Crippen LogP contribution in [0.5, 0.6) is 0 Å². The van der Waals surface area contributed by atoms with Crippen LogP contribution in [0, 0.1) is 6.92 Å². The summed E-state index contributed by atoms with van der Waals surface area (Å²) in [5.74, 6) is 0. The maximum Gasteiger partial charge on any atom is -0.0185 e. The second-order valence-electron chi connectivity index (χ2n) is 3.51. The van der Waals surface area contributed by atoms with Gasteiger partial charge in [-0.2, -0.15) is 0 Å². The Kier molecular flexibility index (Phi) is 4.89. The number of hydrogen-bond acceptors (Lipinski definition) is 0. The fourth-order valence-corrected chi connectivity index (χ4v) is 1.65. The minimum absolute atomic E-state index is 1.18. The van der Waals surface area contributed by atoms with Crippen LogP contribution in [0.1, 0.15) is 37.8 Å². The van der Waals surface area contributed by atoms with Crippen LogP contribution < -0.4 is 0 Å². The molecule has 0 radical (unpaired) electrons. The standard InChI is InChI=1S/C13H14.C2H6/c1-11-6-5-9-13(10-11)12-7-3-2-4-8-12;1-2/h3,5-10H,2,4H2,1H3;1-2H3. The van der Waals surface area contributed by atoms with Crippen LogP contribution in [0.4, 0.5) is 0 Å². The van der Waals surface area contributed by atoms with E-state index >= 15 is 0 Å². The van der Waals surface area contributed by atoms with Gasteiger partial charge in [0.1, 0.15) is 0 Å². The van der Waals surface area contributed by atoms with E-state index in [1.54, 1.807) is 0 Å². The lowest BCUT2D eigenvalue weighted by Gasteiger charge is -2.07. The molecule has 0 heteroatoms. The van der Waals surface area contributed by atoms with Crippen molar-refractivity contribution >= 4 is 5.57 Å². The summed E-state index contributed by atoms with van der Waals surface area (Å²) in [6.07, 6.45) is 9.15. The van der Waals surface area contributed by atoms with Crippen molar-refractivity contribution in [2.24, 2.45) is 0 Å². The van der Waals surface area contributed by atoms with E-state index in [1.165, 1.54) is 29.5 Å². The fraction of sp³-hybridized carbons (Fsp3) is 0.333. The third-order valence-electron chi connectivity index (χ3n) is 2.35. The molecule has 0 saturated carbocycles. The van der Waals surface area contributed by atoms with E-state index in [2.05, 4.69) is 49.4 Å². The van der Waals surface area contributed by atoms with E-state index in [0.29, 0.717) is 0 Å². The third kappa shape index (κ3) is 3.39. The Bertz CT molecular complexity index is 356. The highest BCUT2D eigenvalue weighted by atomic mass is 14.0. The zero-order chi connectivity index (χ0) is 11.1. The van der Waals surface area contributed by atoms with E-state index in [4.69, 9.17) is 0 Å². The van der Waals surface area contributed by atoms with Gasteiger partial charge in [-0.05, 0) is 30.9 Å². The topological polar surface area (TPSA) is 0 Å². The molecule has 0 aromatic heterocycles. The summed E-state index contributed by atoms with van der Waals surface area (Å²) >= 11 is 0. The third-order valence-corrected chi connectivity index (χ3v) is 2.35. The molecule has 1 aromatic carbocycles. The van der Waals surface area contributed by atoms with Gasteiger partial charge in [0, 0.05) is 0 Å². The average Bonchev–Trinajstić information content (AvgIpc) is 2.33. The van der Waals surface area contributed by atoms with Crippen LogP contribution in [-0.2, 0) is 0 Å². The summed E-state index contributed by atoms with van der Waals surface area (Å²) in [6.45, 7) is 6.14. The highest BCUT2D eigenvalue weighted by molar-refractivity contribution is 5.74. The van der Waals surface area contributed by atoms with Crippen molar-refractivity contribution in [1.82, 2.24) is 0 Å². The molecule has 0 saturated heterocycles. The number of allylic oxidation sites excluding steroid dienone is 4. The fourth-order valence-electron chi connectivity index (χ4n) is 1.65. The first-order valence-corrected chi connectivity index (χ1v) is 5.80. The largest absolute Gasteiger partial charge is 0.0836 e. The Labute approximate surface area is 93.3 Å². The highest BCUT2D eigenvalue weighted by Gasteiger charge is 2.00. The molecule has 0 unspecified atom stereocenters. The maximum atomic E-state index is 2.31. The normalized spacial score (nSPS) is 13.9. The lowest BCUT2D eigenvalue weighted by Crippen LogP contribution is -1.86. The summed E-state index contributed by atoms with van der Waals surface area (Å²) in [6, 6.07) is 8.67. The molecule has 0 atom stereocenters. The van der Waals surface area contributed by atoms with E-state index in [9.17, 15) is 0 Å². The molecule has 0 aliphatic heterocycles. The van der Waals surface area contributed by atoms with Crippen molar-refractivity contribution in [3.8, 4) is 0 Å². The molecule has 1 aromatic rings. The van der Waals surface area contributed by atoms with E-state index < -0.39 is 0 Å². The molecule has 0 heterocycles. The molecule has 1 aliphatic carbocycles. The first-order chi connectivity index (χ1) is 7.36. The maximum absolute atomic E-state index is 2.31. The van der Waals surface area contributed by atoms with Gasteiger partial charge in [0.15, 0.2) is 0 Å². The molecule has 0 amide bonds. The number of hydrogen-bond donors (Lipinski definition) is 0. The highest BCUT2D eigenvalue weighted by Crippen LogP contribution is 2.21. The molecule has 0 nitrogen and oxygen atoms in total. The zero-order valence-electron chi connectivity index (χ0n) is 9.96. The first-order valence-electron chi connectivity index (χ1n) is 5.80. The lowest BCUT2D eigenvalue weighted by atomic mass is 9.98. The Morgan fingerprint density at radius 2 is 1.87 bits per heavy atom. The lowest BCUT2D eigenvalue weighted by molar-refractivity contribution is 1.04. The van der Waals surface area contributed by atoms with Gasteiger partial charge in [-0.3, -0.25) is 0 Å². The van der Waals surface area contributed by atoms with Gasteiger partial charge >= 0.3 is 0 Å². The van der Waals surface area contributed by atoms with Crippen LogP contribution in [0.25, 0.3) is 5.57 Å². The monoisotopic (exact) mass is 200 g/mol. The van der Waals surface area contributed by atoms with Crippen LogP contribution in [0.3, 0.4) is 0 Å². The van der Waals surface area contributed by atoms with Crippen molar-refractivity contribution in [2.75, 3.05) is 0 Å². The van der Waals surface area contributed by atoms with Crippen molar-refractivity contribution in [2.45, 2.75) is 33.6 Å². The number of rotatable bonds is 1. The van der Waals surface area contributed by atoms with Gasteiger partial charge in [0.05, 0.1) is 0 Å². The second-order valence-corrected chi connectivity index (χ2v) is 3.51. The van der Waals surface area contributed by atoms with E-state index in [1.807, 2.05) is 13.8 Å². The van der Waals surface area contributed by atoms with Crippen molar-refractivity contribution in [1.29, 1.82) is 0 Å². The quantitative estimate of drug-likeness (QED) is 0.613. The number of benzene rings is 1. The SMILES string of the molecule is CC.Cc1cccc(C2=CCCC=C2)c1. The van der Waals surface area contributed by atoms with Gasteiger partial charge in [-0.25, -0.2) is 0 Å². The second kappa shape index (κ2) is 6.23. The van der Waals surface area contributed by atoms with Gasteiger partial charge in [-0.15, -0.1) is 0 Å². The molecular weight excluding hydrogens is 180 g/mol. The molecule has 2 rings (SSSR count). The Hall–Kier alpha value is -1.30. The van der Waals surface area contributed by atoms with Gasteiger partial charge in [0.25, 0.3) is 0 Å². The van der Waals surface area contributed by atoms with Crippen molar-refractivity contribution in [3.63, 3.8) is 0 Å². The molecule has 0 spiro atoms. The summed E-state index contributed by atoms with van der Waals surface area (Å²) in [5.41, 5.74) is 4.04. The van der Waals surface area contributed by atoms with Crippen LogP contribution in [-0.4, -0.2) is 0 Å². The predicted molar refractivity (Wildman–Crippen MR) is 68.9 cm³/mol. The van der Waals surface area contributed by atoms with Crippen LogP contribution in [0.15, 0.2) is 42.5 Å². The first kappa shape index (κ1) is 11.8. The van der Waals surface area contributed by atoms with Crippen LogP contribution in [0.2, 0.25) is 0 Å². The molecule has 80 valence electrons. The summed E-state index contributed by atoms with van der Waals surface area (Å²) in [4.78, 5) is 0. The Morgan fingerprint density at radius 1 is 1.07 bits per heavy atom. The zero-order valence-corrected chi connectivity index (χ0v) is 9.96. The van der Waals surface area contributed by atoms with Gasteiger partial charge in [0.2, 0.25) is 0 Å². The van der Waals surface area contributed by atoms with Crippen LogP contribution >= 0.6 is 0 Å². The summed E-state index contributed by atoms with van der Waals surface area (Å²) in [7, 11) is 0. The molecule has 1 aliphatic rings. The summed E-state index contributed by atoms with van der Waals surface area (Å²) < 4.78 is 0. The van der Waals surface area contributed by atoms with E-state index in [-0.39, 0.29) is 0 Å². The molecule has 15 heavy (non-hydrogen) atoms. The predicted octanol–water partition coefficient (Wildman–Crippen LogP) is 4.75. The molecule has 0 N–H and O–H groups in total. The average molecular weight is 200 g/mol. The molecular formula is C15H20. The van der Waals surface area contributed by atoms with Crippen molar-refractivity contribution < 1.29 is 0 Å². The minimum atomic E-state index is 1.18. The van der Waals surface area contributed by atoms with Gasteiger partial charge < -0.3 is 0 Å². The molecule has 0 fully saturated rings. The number of aryl methyl sites for hydroxylation is 1. The Balaban J connectivity index is 0.000000531. The van der Waals surface area contributed by atoms with Gasteiger partial charge in [-0.1, -0.05) is 61.9 Å².